The van der Waals surface area contributed by atoms with Crippen LogP contribution in [0.25, 0.3) is 94.3 Å². The third kappa shape index (κ3) is 5.02. The van der Waals surface area contributed by atoms with Crippen LogP contribution in [-0.4, -0.2) is 29.5 Å². The van der Waals surface area contributed by atoms with Crippen LogP contribution in [0.2, 0.25) is 0 Å². The molecule has 6 aromatic carbocycles. The van der Waals surface area contributed by atoms with Gasteiger partial charge in [0.1, 0.15) is 17.0 Å². The van der Waals surface area contributed by atoms with E-state index in [9.17, 15) is 0 Å². The van der Waals surface area contributed by atoms with Gasteiger partial charge in [0, 0.05) is 45.1 Å². The van der Waals surface area contributed by atoms with Crippen LogP contribution in [0.5, 0.6) is 0 Å². The van der Waals surface area contributed by atoms with Gasteiger partial charge in [-0.2, -0.15) is 0 Å². The minimum atomic E-state index is -0.204. The fourth-order valence-electron chi connectivity index (χ4n) is 8.93. The molecule has 0 amide bonds. The van der Waals surface area contributed by atoms with Crippen molar-refractivity contribution in [2.24, 2.45) is 0 Å². The van der Waals surface area contributed by atoms with E-state index in [-0.39, 0.29) is 5.92 Å². The zero-order chi connectivity index (χ0) is 38.2. The van der Waals surface area contributed by atoms with Gasteiger partial charge >= 0.3 is 0 Å². The lowest BCUT2D eigenvalue weighted by Gasteiger charge is -2.18. The number of hydrogen-bond acceptors (Lipinski definition) is 5. The fourth-order valence-corrected chi connectivity index (χ4v) is 8.93. The predicted molar refractivity (Wildman–Crippen MR) is 234 cm³/mol. The Kier molecular flexibility index (Phi) is 7.19. The monoisotopic (exact) mass is 740 g/mol. The molecule has 1 aliphatic rings. The molecule has 1 unspecified atom stereocenters. The molecular formula is C52H32N6. The summed E-state index contributed by atoms with van der Waals surface area (Å²) in [4.78, 5) is 26.5. The van der Waals surface area contributed by atoms with Gasteiger partial charge in [0.2, 0.25) is 0 Å². The Hall–Kier alpha value is -7.83. The minimum absolute atomic E-state index is 0.204. The summed E-state index contributed by atoms with van der Waals surface area (Å²) in [6.45, 7) is 0. The average molecular weight is 741 g/mol. The molecule has 270 valence electrons. The van der Waals surface area contributed by atoms with Crippen LogP contribution < -0.4 is 0 Å². The van der Waals surface area contributed by atoms with Crippen molar-refractivity contribution in [3.8, 4) is 50.6 Å². The Balaban J connectivity index is 1.17. The third-order valence-electron chi connectivity index (χ3n) is 11.6. The zero-order valence-electron chi connectivity index (χ0n) is 31.2. The van der Waals surface area contributed by atoms with Crippen molar-refractivity contribution in [3.05, 3.63) is 205 Å². The van der Waals surface area contributed by atoms with Gasteiger partial charge in [0.25, 0.3) is 0 Å². The molecule has 58 heavy (non-hydrogen) atoms. The second-order valence-electron chi connectivity index (χ2n) is 14.9. The summed E-state index contributed by atoms with van der Waals surface area (Å²) in [5, 5.41) is 4.16. The Morgan fingerprint density at radius 1 is 0.414 bits per heavy atom. The molecule has 1 aliphatic carbocycles. The highest BCUT2D eigenvalue weighted by atomic mass is 15.1. The van der Waals surface area contributed by atoms with Gasteiger partial charge in [-0.1, -0.05) is 121 Å². The van der Waals surface area contributed by atoms with Gasteiger partial charge < -0.3 is 0 Å². The first-order chi connectivity index (χ1) is 28.8. The van der Waals surface area contributed by atoms with Gasteiger partial charge in [-0.3, -0.25) is 9.55 Å². The first-order valence-electron chi connectivity index (χ1n) is 19.5. The van der Waals surface area contributed by atoms with Crippen molar-refractivity contribution in [2.45, 2.75) is 5.92 Å². The van der Waals surface area contributed by atoms with Crippen molar-refractivity contribution < 1.29 is 0 Å². The van der Waals surface area contributed by atoms with E-state index >= 15 is 0 Å². The van der Waals surface area contributed by atoms with E-state index in [0.29, 0.717) is 5.82 Å². The highest BCUT2D eigenvalue weighted by Gasteiger charge is 2.34. The van der Waals surface area contributed by atoms with Crippen molar-refractivity contribution in [3.63, 3.8) is 0 Å². The molecule has 1 atom stereocenters. The van der Waals surface area contributed by atoms with Crippen LogP contribution >= 0.6 is 0 Å². The van der Waals surface area contributed by atoms with Crippen LogP contribution in [0.1, 0.15) is 22.9 Å². The summed E-state index contributed by atoms with van der Waals surface area (Å²) in [5.74, 6) is 1.21. The first-order valence-corrected chi connectivity index (χ1v) is 19.5. The fraction of sp³-hybridized carbons (Fsp3) is 0.0192. The largest absolute Gasteiger partial charge is 0.278 e. The Labute approximate surface area is 333 Å². The topological polar surface area (TPSA) is 69.4 Å². The lowest BCUT2D eigenvalue weighted by atomic mass is 9.92. The van der Waals surface area contributed by atoms with Gasteiger partial charge in [0.15, 0.2) is 5.82 Å². The number of benzene rings is 6. The van der Waals surface area contributed by atoms with E-state index in [2.05, 4.69) is 168 Å². The molecular weight excluding hydrogens is 709 g/mol. The van der Waals surface area contributed by atoms with E-state index in [4.69, 9.17) is 24.9 Å². The Bertz CT molecular complexity index is 3250. The van der Waals surface area contributed by atoms with E-state index in [1.165, 1.54) is 11.1 Å². The van der Waals surface area contributed by atoms with E-state index < -0.39 is 0 Å². The molecule has 11 aromatic rings. The maximum Gasteiger partial charge on any atom is 0.160 e. The van der Waals surface area contributed by atoms with Gasteiger partial charge in [0.05, 0.1) is 28.3 Å². The number of hydrogen-bond donors (Lipinski definition) is 0. The number of para-hydroxylation sites is 1. The Morgan fingerprint density at radius 2 is 1.07 bits per heavy atom. The van der Waals surface area contributed by atoms with Gasteiger partial charge in [-0.05, 0) is 88.0 Å². The van der Waals surface area contributed by atoms with Crippen LogP contribution in [0.4, 0.5) is 0 Å². The van der Waals surface area contributed by atoms with Crippen molar-refractivity contribution >= 4 is 43.7 Å². The summed E-state index contributed by atoms with van der Waals surface area (Å²) < 4.78 is 2.16. The summed E-state index contributed by atoms with van der Waals surface area (Å²) in [7, 11) is 0. The molecule has 5 aromatic heterocycles. The van der Waals surface area contributed by atoms with Crippen LogP contribution in [0, 0.1) is 0 Å². The molecule has 0 bridgehead atoms. The standard InChI is InChI=1S/C52H32N6/c1-3-13-32(14-4-1)35-29-36(33-15-5-2-6-16-33)31-37(30-35)51-56-49(46-40-19-8-7-17-38(40)41-20-11-27-53-48(41)46)43-25-23-34-24-26-45(55-47(34)50(43)57-51)58-44-22-10-9-18-39(44)42-21-12-28-54-52(42)58/h1-31,46H. The molecule has 0 spiro atoms. The number of nitrogens with zero attached hydrogens (tertiary/aromatic N) is 6. The van der Waals surface area contributed by atoms with E-state index in [1.54, 1.807) is 0 Å². The van der Waals surface area contributed by atoms with Gasteiger partial charge in [-0.15, -0.1) is 0 Å². The average Bonchev–Trinajstić information content (AvgIpc) is 3.82. The maximum atomic E-state index is 5.59. The molecule has 0 aliphatic heterocycles. The number of fused-ring (bicyclic) bond motifs is 9. The molecule has 12 rings (SSSR count). The number of rotatable bonds is 5. The van der Waals surface area contributed by atoms with Crippen molar-refractivity contribution in [1.82, 2.24) is 29.5 Å². The molecule has 6 nitrogen and oxygen atoms in total. The van der Waals surface area contributed by atoms with Crippen molar-refractivity contribution in [1.29, 1.82) is 0 Å². The van der Waals surface area contributed by atoms with E-state index in [1.807, 2.05) is 24.5 Å². The molecule has 0 fully saturated rings. The van der Waals surface area contributed by atoms with Gasteiger partial charge in [-0.25, -0.2) is 19.9 Å². The summed E-state index contributed by atoms with van der Waals surface area (Å²) in [6.07, 6.45) is 3.74. The first kappa shape index (κ1) is 32.4. The van der Waals surface area contributed by atoms with Crippen LogP contribution in [-0.2, 0) is 0 Å². The Morgan fingerprint density at radius 3 is 1.90 bits per heavy atom. The van der Waals surface area contributed by atoms with Crippen molar-refractivity contribution in [2.75, 3.05) is 0 Å². The lowest BCUT2D eigenvalue weighted by Crippen LogP contribution is -2.08. The lowest BCUT2D eigenvalue weighted by molar-refractivity contribution is 0.911. The highest BCUT2D eigenvalue weighted by molar-refractivity contribution is 6.09. The van der Waals surface area contributed by atoms with Crippen LogP contribution in [0.3, 0.4) is 0 Å². The SMILES string of the molecule is c1ccc(-c2cc(-c3ccccc3)cc(-c3nc(C4c5ccccc5-c5cccnc54)c4ccc5ccc(-n6c7ccccc7c7cccnc76)nc5c4n3)c2)cc1. The molecule has 5 heterocycles. The minimum Gasteiger partial charge on any atom is -0.278 e. The molecule has 0 saturated carbocycles. The quantitative estimate of drug-likeness (QED) is 0.164. The summed E-state index contributed by atoms with van der Waals surface area (Å²) >= 11 is 0. The summed E-state index contributed by atoms with van der Waals surface area (Å²) in [5.41, 5.74) is 14.3. The number of aromatic nitrogens is 6. The third-order valence-corrected chi connectivity index (χ3v) is 11.6. The normalized spacial score (nSPS) is 13.3. The second-order valence-corrected chi connectivity index (χ2v) is 14.9. The molecule has 0 radical (unpaired) electrons. The maximum absolute atomic E-state index is 5.59. The highest BCUT2D eigenvalue weighted by Crippen LogP contribution is 2.48. The zero-order valence-corrected chi connectivity index (χ0v) is 31.2. The molecule has 6 heteroatoms. The molecule has 0 N–H and O–H groups in total. The van der Waals surface area contributed by atoms with Crippen LogP contribution in [0.15, 0.2) is 188 Å². The number of pyridine rings is 3. The smallest absolute Gasteiger partial charge is 0.160 e. The van der Waals surface area contributed by atoms with E-state index in [0.717, 1.165) is 94.3 Å². The summed E-state index contributed by atoms with van der Waals surface area (Å²) in [6, 6.07) is 61.6. The predicted octanol–water partition coefficient (Wildman–Crippen LogP) is 12.2. The second kappa shape index (κ2) is 12.9. The molecule has 0 saturated heterocycles.